The zero-order chi connectivity index (χ0) is 10.1. The lowest BCUT2D eigenvalue weighted by molar-refractivity contribution is -0.152. The molecule has 1 atom stereocenters. The van der Waals surface area contributed by atoms with Gasteiger partial charge in [-0.1, -0.05) is 31.4 Å². The molecule has 0 rings (SSSR count). The van der Waals surface area contributed by atoms with Crippen LogP contribution in [0.25, 0.3) is 0 Å². The quantitative estimate of drug-likeness (QED) is 0.442. The molecule has 0 saturated carbocycles. The van der Waals surface area contributed by atoms with Crippen LogP contribution in [0.1, 0.15) is 0 Å². The molecule has 0 heterocycles. The molecular weight excluding hydrogens is 168 g/mol. The normalized spacial score (nSPS) is 11.4. The van der Waals surface area contributed by atoms with Crippen LogP contribution in [0.2, 0.25) is 0 Å². The highest BCUT2D eigenvalue weighted by Crippen LogP contribution is 1.97. The van der Waals surface area contributed by atoms with Crippen molar-refractivity contribution in [3.63, 3.8) is 0 Å². The summed E-state index contributed by atoms with van der Waals surface area (Å²) in [6.45, 7) is 10.8. The van der Waals surface area contributed by atoms with Crippen LogP contribution >= 0.6 is 0 Å². The van der Waals surface area contributed by atoms with Crippen molar-refractivity contribution >= 4 is 5.97 Å². The van der Waals surface area contributed by atoms with Crippen molar-refractivity contribution in [2.24, 2.45) is 0 Å². The SMILES string of the molecule is C=CCOC(=O)C(C=C)OCC=C. The fourth-order valence-electron chi connectivity index (χ4n) is 0.627. The van der Waals surface area contributed by atoms with Crippen LogP contribution in [0.15, 0.2) is 38.0 Å². The Labute approximate surface area is 78.3 Å². The third-order valence-corrected chi connectivity index (χ3v) is 1.18. The Morgan fingerprint density at radius 1 is 1.23 bits per heavy atom. The van der Waals surface area contributed by atoms with Gasteiger partial charge in [-0.05, 0) is 0 Å². The first-order valence-corrected chi connectivity index (χ1v) is 3.88. The van der Waals surface area contributed by atoms with E-state index in [1.54, 1.807) is 6.08 Å². The Hall–Kier alpha value is -1.35. The Kier molecular flexibility index (Phi) is 6.55. The van der Waals surface area contributed by atoms with E-state index >= 15 is 0 Å². The van der Waals surface area contributed by atoms with Gasteiger partial charge >= 0.3 is 5.97 Å². The van der Waals surface area contributed by atoms with E-state index < -0.39 is 12.1 Å². The third-order valence-electron chi connectivity index (χ3n) is 1.18. The highest BCUT2D eigenvalue weighted by molar-refractivity contribution is 5.76. The summed E-state index contributed by atoms with van der Waals surface area (Å²) < 4.78 is 9.81. The van der Waals surface area contributed by atoms with Crippen LogP contribution in [-0.4, -0.2) is 25.3 Å². The van der Waals surface area contributed by atoms with Crippen molar-refractivity contribution in [3.05, 3.63) is 38.0 Å². The summed E-state index contributed by atoms with van der Waals surface area (Å²) in [5, 5.41) is 0. The second kappa shape index (κ2) is 7.31. The molecule has 13 heavy (non-hydrogen) atoms. The van der Waals surface area contributed by atoms with Crippen molar-refractivity contribution in [2.75, 3.05) is 13.2 Å². The van der Waals surface area contributed by atoms with Crippen molar-refractivity contribution in [1.82, 2.24) is 0 Å². The van der Waals surface area contributed by atoms with Gasteiger partial charge in [0.15, 0.2) is 6.10 Å². The molecule has 0 aromatic rings. The lowest BCUT2D eigenvalue weighted by atomic mass is 10.3. The van der Waals surface area contributed by atoms with E-state index in [1.807, 2.05) is 0 Å². The molecule has 3 nitrogen and oxygen atoms in total. The number of rotatable bonds is 7. The monoisotopic (exact) mass is 182 g/mol. The fraction of sp³-hybridized carbons (Fsp3) is 0.300. The standard InChI is InChI=1S/C10H14O3/c1-4-7-12-9(6-3)10(11)13-8-5-2/h4-6,9H,1-3,7-8H2. The maximum atomic E-state index is 11.1. The van der Waals surface area contributed by atoms with Crippen LogP contribution < -0.4 is 0 Å². The van der Waals surface area contributed by atoms with Crippen molar-refractivity contribution in [3.8, 4) is 0 Å². The zero-order valence-corrected chi connectivity index (χ0v) is 7.57. The van der Waals surface area contributed by atoms with Crippen LogP contribution in [0.4, 0.5) is 0 Å². The average Bonchev–Trinajstić information content (AvgIpc) is 2.16. The highest BCUT2D eigenvalue weighted by Gasteiger charge is 2.15. The minimum Gasteiger partial charge on any atom is -0.459 e. The lowest BCUT2D eigenvalue weighted by Gasteiger charge is -2.10. The number of carbonyl (C=O) groups excluding carboxylic acids is 1. The second-order valence-corrected chi connectivity index (χ2v) is 2.20. The summed E-state index contributed by atoms with van der Waals surface area (Å²) in [5.41, 5.74) is 0. The third kappa shape index (κ3) is 4.98. The van der Waals surface area contributed by atoms with Gasteiger partial charge in [-0.2, -0.15) is 0 Å². The molecule has 0 fully saturated rings. The molecule has 0 amide bonds. The van der Waals surface area contributed by atoms with Crippen LogP contribution in [0, 0.1) is 0 Å². The Balaban J connectivity index is 3.90. The van der Waals surface area contributed by atoms with Gasteiger partial charge in [0.2, 0.25) is 0 Å². The molecule has 1 unspecified atom stereocenters. The Morgan fingerprint density at radius 3 is 2.31 bits per heavy atom. The first-order valence-electron chi connectivity index (χ1n) is 3.88. The molecule has 0 saturated heterocycles. The minimum absolute atomic E-state index is 0.181. The Morgan fingerprint density at radius 2 is 1.85 bits per heavy atom. The average molecular weight is 182 g/mol. The van der Waals surface area contributed by atoms with E-state index in [-0.39, 0.29) is 6.61 Å². The number of ether oxygens (including phenoxy) is 2. The molecule has 0 aliphatic rings. The van der Waals surface area contributed by atoms with Gasteiger partial charge in [0.05, 0.1) is 6.61 Å². The van der Waals surface area contributed by atoms with Crippen molar-refractivity contribution < 1.29 is 14.3 Å². The molecule has 72 valence electrons. The molecule has 0 N–H and O–H groups in total. The van der Waals surface area contributed by atoms with E-state index in [0.717, 1.165) is 0 Å². The molecule has 0 radical (unpaired) electrons. The van der Waals surface area contributed by atoms with E-state index in [0.29, 0.717) is 6.61 Å². The Bertz CT molecular complexity index is 196. The predicted octanol–water partition coefficient (Wildman–Crippen LogP) is 1.47. The summed E-state index contributed by atoms with van der Waals surface area (Å²) >= 11 is 0. The highest BCUT2D eigenvalue weighted by atomic mass is 16.6. The first-order chi connectivity index (χ1) is 6.26. The topological polar surface area (TPSA) is 35.5 Å². The molecule has 0 aliphatic carbocycles. The van der Waals surface area contributed by atoms with Gasteiger partial charge in [0.1, 0.15) is 6.61 Å². The maximum absolute atomic E-state index is 11.1. The van der Waals surface area contributed by atoms with Gasteiger partial charge in [0.25, 0.3) is 0 Å². The minimum atomic E-state index is -0.724. The van der Waals surface area contributed by atoms with Crippen LogP contribution in [-0.2, 0) is 14.3 Å². The second-order valence-electron chi connectivity index (χ2n) is 2.20. The summed E-state index contributed by atoms with van der Waals surface area (Å²) in [6.07, 6.45) is 3.70. The molecule has 0 aliphatic heterocycles. The summed E-state index contributed by atoms with van der Waals surface area (Å²) in [4.78, 5) is 11.1. The number of hydrogen-bond acceptors (Lipinski definition) is 3. The smallest absolute Gasteiger partial charge is 0.339 e. The first kappa shape index (κ1) is 11.6. The van der Waals surface area contributed by atoms with E-state index in [2.05, 4.69) is 19.7 Å². The molecule has 0 aromatic heterocycles. The zero-order valence-electron chi connectivity index (χ0n) is 7.57. The molecule has 0 spiro atoms. The molecule has 3 heteroatoms. The van der Waals surface area contributed by atoms with Crippen LogP contribution in [0.3, 0.4) is 0 Å². The number of hydrogen-bond donors (Lipinski definition) is 0. The van der Waals surface area contributed by atoms with Crippen LogP contribution in [0.5, 0.6) is 0 Å². The molecular formula is C10H14O3. The number of carbonyl (C=O) groups is 1. The van der Waals surface area contributed by atoms with Gasteiger partial charge in [-0.3, -0.25) is 0 Å². The fourth-order valence-corrected chi connectivity index (χ4v) is 0.627. The summed E-state index contributed by atoms with van der Waals surface area (Å²) in [7, 11) is 0. The van der Waals surface area contributed by atoms with Gasteiger partial charge in [0, 0.05) is 0 Å². The summed E-state index contributed by atoms with van der Waals surface area (Å²) in [6, 6.07) is 0. The van der Waals surface area contributed by atoms with E-state index in [4.69, 9.17) is 9.47 Å². The largest absolute Gasteiger partial charge is 0.459 e. The van der Waals surface area contributed by atoms with Crippen molar-refractivity contribution in [1.29, 1.82) is 0 Å². The van der Waals surface area contributed by atoms with Gasteiger partial charge in [-0.25, -0.2) is 4.79 Å². The van der Waals surface area contributed by atoms with E-state index in [1.165, 1.54) is 12.2 Å². The maximum Gasteiger partial charge on any atom is 0.339 e. The molecule has 0 bridgehead atoms. The summed E-state index contributed by atoms with van der Waals surface area (Å²) in [5.74, 6) is -0.461. The predicted molar refractivity (Wildman–Crippen MR) is 51.3 cm³/mol. The van der Waals surface area contributed by atoms with Gasteiger partial charge < -0.3 is 9.47 Å². The lowest BCUT2D eigenvalue weighted by Crippen LogP contribution is -2.24. The van der Waals surface area contributed by atoms with Gasteiger partial charge in [-0.15, -0.1) is 6.58 Å². The molecule has 0 aromatic carbocycles. The van der Waals surface area contributed by atoms with E-state index in [9.17, 15) is 4.79 Å². The van der Waals surface area contributed by atoms with Crippen molar-refractivity contribution in [2.45, 2.75) is 6.10 Å². The number of esters is 1.